The summed E-state index contributed by atoms with van der Waals surface area (Å²) in [5.41, 5.74) is 2.68. The summed E-state index contributed by atoms with van der Waals surface area (Å²) in [5.74, 6) is 0. The van der Waals surface area contributed by atoms with E-state index in [1.54, 1.807) is 0 Å². The summed E-state index contributed by atoms with van der Waals surface area (Å²) < 4.78 is 11.2. The first-order chi connectivity index (χ1) is 15.6. The third-order valence-corrected chi connectivity index (χ3v) is 6.64. The average molecular weight is 459 g/mol. The Balaban J connectivity index is 1.43. The minimum Gasteiger partial charge on any atom is -0.379 e. The second kappa shape index (κ2) is 11.2. The van der Waals surface area contributed by atoms with Crippen LogP contribution in [0.1, 0.15) is 30.4 Å². The number of aromatic nitrogens is 1. The van der Waals surface area contributed by atoms with Gasteiger partial charge in [0.25, 0.3) is 5.56 Å². The molecular weight excluding hydrogens is 424 g/mol. The fourth-order valence-electron chi connectivity index (χ4n) is 4.36. The van der Waals surface area contributed by atoms with E-state index in [0.29, 0.717) is 18.2 Å². The Hall–Kier alpha value is -2.00. The number of ether oxygens (including phenoxy) is 2. The average Bonchev–Trinajstić information content (AvgIpc) is 3.32. The lowest BCUT2D eigenvalue weighted by Gasteiger charge is -2.30. The maximum atomic E-state index is 12.8. The summed E-state index contributed by atoms with van der Waals surface area (Å²) in [6, 6.07) is 8.12. The molecule has 2 N–H and O–H groups in total. The molecule has 0 amide bonds. The van der Waals surface area contributed by atoms with Crippen LogP contribution in [0.25, 0.3) is 10.9 Å². The van der Waals surface area contributed by atoms with E-state index in [1.807, 2.05) is 19.1 Å². The molecule has 2 aliphatic heterocycles. The minimum absolute atomic E-state index is 0.0526. The van der Waals surface area contributed by atoms with E-state index in [9.17, 15) is 4.79 Å². The summed E-state index contributed by atoms with van der Waals surface area (Å²) in [6.07, 6.45) is 3.37. The molecule has 0 aliphatic carbocycles. The molecule has 1 atom stereocenters. The highest BCUT2D eigenvalue weighted by molar-refractivity contribution is 7.80. The molecule has 8 heteroatoms. The van der Waals surface area contributed by atoms with Gasteiger partial charge < -0.3 is 24.7 Å². The van der Waals surface area contributed by atoms with Crippen molar-refractivity contribution in [3.05, 3.63) is 45.7 Å². The molecule has 2 saturated heterocycles. The van der Waals surface area contributed by atoms with Gasteiger partial charge >= 0.3 is 0 Å². The highest BCUT2D eigenvalue weighted by atomic mass is 32.1. The molecule has 2 aliphatic rings. The van der Waals surface area contributed by atoms with E-state index in [-0.39, 0.29) is 11.7 Å². The van der Waals surface area contributed by atoms with Crippen molar-refractivity contribution in [3.63, 3.8) is 0 Å². The Labute approximate surface area is 195 Å². The Morgan fingerprint density at radius 2 is 2.12 bits per heavy atom. The van der Waals surface area contributed by atoms with Crippen LogP contribution in [0.2, 0.25) is 0 Å². The van der Waals surface area contributed by atoms with Crippen molar-refractivity contribution in [2.24, 2.45) is 0 Å². The topological polar surface area (TPSA) is 69.8 Å². The number of rotatable bonds is 8. The van der Waals surface area contributed by atoms with E-state index in [4.69, 9.17) is 21.7 Å². The summed E-state index contributed by atoms with van der Waals surface area (Å²) in [7, 11) is 0. The lowest BCUT2D eigenvalue weighted by Crippen LogP contribution is -2.44. The van der Waals surface area contributed by atoms with Crippen LogP contribution in [0.15, 0.2) is 29.1 Å². The molecule has 174 valence electrons. The summed E-state index contributed by atoms with van der Waals surface area (Å²) in [6.45, 7) is 9.41. The number of aryl methyl sites for hydroxylation is 1. The lowest BCUT2D eigenvalue weighted by molar-refractivity contribution is 0.0367. The largest absolute Gasteiger partial charge is 0.379 e. The molecule has 1 aromatic heterocycles. The molecule has 0 bridgehead atoms. The second-order valence-electron chi connectivity index (χ2n) is 8.76. The zero-order valence-electron chi connectivity index (χ0n) is 18.9. The maximum absolute atomic E-state index is 12.8. The second-order valence-corrected chi connectivity index (χ2v) is 9.15. The van der Waals surface area contributed by atoms with Crippen LogP contribution in [-0.2, 0) is 16.0 Å². The highest BCUT2D eigenvalue weighted by Crippen LogP contribution is 2.15. The maximum Gasteiger partial charge on any atom is 0.253 e. The molecule has 1 aromatic carbocycles. The zero-order valence-corrected chi connectivity index (χ0v) is 19.7. The molecule has 32 heavy (non-hydrogen) atoms. The fraction of sp³-hybridized carbons (Fsp3) is 0.583. The van der Waals surface area contributed by atoms with Crippen LogP contribution in [0.4, 0.5) is 0 Å². The van der Waals surface area contributed by atoms with Gasteiger partial charge in [0.15, 0.2) is 5.11 Å². The van der Waals surface area contributed by atoms with Crippen molar-refractivity contribution >= 4 is 28.2 Å². The van der Waals surface area contributed by atoms with E-state index in [1.165, 1.54) is 0 Å². The molecule has 0 unspecified atom stereocenters. The molecule has 7 nitrogen and oxygen atoms in total. The Morgan fingerprint density at radius 3 is 2.91 bits per heavy atom. The Morgan fingerprint density at radius 1 is 1.28 bits per heavy atom. The van der Waals surface area contributed by atoms with E-state index in [2.05, 4.69) is 32.2 Å². The van der Waals surface area contributed by atoms with Gasteiger partial charge in [-0.05, 0) is 61.5 Å². The third-order valence-electron chi connectivity index (χ3n) is 6.24. The van der Waals surface area contributed by atoms with Crippen molar-refractivity contribution in [1.29, 1.82) is 0 Å². The molecule has 4 rings (SSSR count). The smallest absolute Gasteiger partial charge is 0.253 e. The van der Waals surface area contributed by atoms with E-state index in [0.717, 1.165) is 87.3 Å². The minimum atomic E-state index is -0.0526. The standard InChI is InChI=1S/C24H34N4O3S/c1-18-5-6-19-15-20(23(29)26-22(19)14-18)17-28(8-3-7-27-9-12-30-13-10-27)24(32)25-16-21-4-2-11-31-21/h5-6,14-15,21H,2-4,7-13,16-17H2,1H3,(H,25,32)(H,26,29)/t21-/m1/s1. The first-order valence-corrected chi connectivity index (χ1v) is 12.1. The molecule has 3 heterocycles. The van der Waals surface area contributed by atoms with Crippen molar-refractivity contribution in [1.82, 2.24) is 20.1 Å². The SMILES string of the molecule is Cc1ccc2cc(CN(CCCN3CCOCC3)C(=S)NC[C@H]3CCCO3)c(=O)[nH]c2c1. The van der Waals surface area contributed by atoms with Gasteiger partial charge in [-0.15, -0.1) is 0 Å². The van der Waals surface area contributed by atoms with Crippen molar-refractivity contribution < 1.29 is 9.47 Å². The van der Waals surface area contributed by atoms with Crippen LogP contribution < -0.4 is 10.9 Å². The number of pyridine rings is 1. The summed E-state index contributed by atoms with van der Waals surface area (Å²) in [5, 5.41) is 5.11. The number of hydrogen-bond donors (Lipinski definition) is 2. The van der Waals surface area contributed by atoms with Crippen LogP contribution in [0.3, 0.4) is 0 Å². The van der Waals surface area contributed by atoms with Crippen molar-refractivity contribution in [2.75, 3.05) is 52.5 Å². The lowest BCUT2D eigenvalue weighted by atomic mass is 10.1. The Bertz CT molecular complexity index is 967. The number of aromatic amines is 1. The summed E-state index contributed by atoms with van der Waals surface area (Å²) >= 11 is 5.75. The number of benzene rings is 1. The first kappa shape index (κ1) is 23.2. The van der Waals surface area contributed by atoms with Gasteiger partial charge in [0.05, 0.1) is 25.9 Å². The molecule has 0 spiro atoms. The number of H-pyrrole nitrogens is 1. The van der Waals surface area contributed by atoms with Gasteiger partial charge in [-0.25, -0.2) is 0 Å². The number of thiocarbonyl (C=S) groups is 1. The molecule has 0 radical (unpaired) electrons. The zero-order chi connectivity index (χ0) is 22.3. The third kappa shape index (κ3) is 6.28. The van der Waals surface area contributed by atoms with Crippen molar-refractivity contribution in [3.8, 4) is 0 Å². The highest BCUT2D eigenvalue weighted by Gasteiger charge is 2.19. The number of hydrogen-bond acceptors (Lipinski definition) is 5. The Kier molecular flexibility index (Phi) is 8.13. The van der Waals surface area contributed by atoms with Gasteiger partial charge in [0.2, 0.25) is 0 Å². The number of nitrogens with one attached hydrogen (secondary N) is 2. The first-order valence-electron chi connectivity index (χ1n) is 11.7. The molecule has 0 saturated carbocycles. The normalized spacial score (nSPS) is 19.3. The monoisotopic (exact) mass is 458 g/mol. The molecular formula is C24H34N4O3S. The van der Waals surface area contributed by atoms with Crippen molar-refractivity contribution in [2.45, 2.75) is 38.8 Å². The van der Waals surface area contributed by atoms with E-state index >= 15 is 0 Å². The van der Waals surface area contributed by atoms with Gasteiger partial charge in [-0.1, -0.05) is 12.1 Å². The van der Waals surface area contributed by atoms with Gasteiger partial charge in [0.1, 0.15) is 0 Å². The van der Waals surface area contributed by atoms with Gasteiger partial charge in [-0.3, -0.25) is 9.69 Å². The summed E-state index contributed by atoms with van der Waals surface area (Å²) in [4.78, 5) is 20.4. The predicted molar refractivity (Wildman–Crippen MR) is 131 cm³/mol. The number of nitrogens with zero attached hydrogens (tertiary/aromatic N) is 2. The fourth-order valence-corrected chi connectivity index (χ4v) is 4.60. The van der Waals surface area contributed by atoms with Crippen LogP contribution in [0, 0.1) is 6.92 Å². The van der Waals surface area contributed by atoms with Crippen LogP contribution in [-0.4, -0.2) is 78.5 Å². The van der Waals surface area contributed by atoms with Crippen LogP contribution in [0.5, 0.6) is 0 Å². The van der Waals surface area contributed by atoms with Gasteiger partial charge in [-0.2, -0.15) is 0 Å². The number of morpholine rings is 1. The molecule has 2 fully saturated rings. The quantitative estimate of drug-likeness (QED) is 0.589. The van der Waals surface area contributed by atoms with Crippen LogP contribution >= 0.6 is 12.2 Å². The predicted octanol–water partition coefficient (Wildman–Crippen LogP) is 2.41. The van der Waals surface area contributed by atoms with E-state index < -0.39 is 0 Å². The molecule has 2 aromatic rings. The number of fused-ring (bicyclic) bond motifs is 1. The van der Waals surface area contributed by atoms with Gasteiger partial charge in [0, 0.05) is 50.4 Å².